The standard InChI is InChI=1S/C28H29N3O4/c1-19(32)20-7-10-23(11-8-20)35-24-12-13-25(29-18-24)21-9-14-26-27(17-21)34-16-15-31(26)28(33)30-22-5-3-2-4-6-22/h2-6,9,12-14,17-18,20,23H,7-8,10-11,15-16H2,1H3,(H,30,33). The number of para-hydroxylation sites is 1. The van der Waals surface area contributed by atoms with E-state index in [4.69, 9.17) is 9.47 Å². The Labute approximate surface area is 205 Å². The molecule has 2 heterocycles. The lowest BCUT2D eigenvalue weighted by Crippen LogP contribution is -2.40. The molecule has 2 aliphatic rings. The van der Waals surface area contributed by atoms with Crippen LogP contribution in [0.1, 0.15) is 32.6 Å². The van der Waals surface area contributed by atoms with Crippen LogP contribution in [0.5, 0.6) is 11.5 Å². The third-order valence-corrected chi connectivity index (χ3v) is 6.68. The fraction of sp³-hybridized carbons (Fsp3) is 0.321. The molecule has 7 heteroatoms. The van der Waals surface area contributed by atoms with Gasteiger partial charge in [-0.1, -0.05) is 24.3 Å². The summed E-state index contributed by atoms with van der Waals surface area (Å²) < 4.78 is 12.0. The van der Waals surface area contributed by atoms with E-state index < -0.39 is 0 Å². The molecule has 1 aromatic heterocycles. The summed E-state index contributed by atoms with van der Waals surface area (Å²) in [6, 6.07) is 18.8. The molecular weight excluding hydrogens is 442 g/mol. The Hall–Kier alpha value is -3.87. The van der Waals surface area contributed by atoms with Crippen molar-refractivity contribution in [2.75, 3.05) is 23.4 Å². The third-order valence-electron chi connectivity index (χ3n) is 6.68. The minimum Gasteiger partial charge on any atom is -0.490 e. The van der Waals surface area contributed by atoms with Gasteiger partial charge in [0.25, 0.3) is 0 Å². The van der Waals surface area contributed by atoms with Crippen LogP contribution in [0, 0.1) is 5.92 Å². The smallest absolute Gasteiger partial charge is 0.326 e. The Morgan fingerprint density at radius 2 is 1.83 bits per heavy atom. The predicted molar refractivity (Wildman–Crippen MR) is 135 cm³/mol. The lowest BCUT2D eigenvalue weighted by molar-refractivity contribution is -0.122. The van der Waals surface area contributed by atoms with Gasteiger partial charge >= 0.3 is 6.03 Å². The molecule has 1 aliphatic heterocycles. The minimum absolute atomic E-state index is 0.128. The van der Waals surface area contributed by atoms with Gasteiger partial charge in [-0.25, -0.2) is 4.79 Å². The maximum atomic E-state index is 12.9. The van der Waals surface area contributed by atoms with Gasteiger partial charge in [0, 0.05) is 17.2 Å². The number of nitrogens with zero attached hydrogens (tertiary/aromatic N) is 2. The van der Waals surface area contributed by atoms with Crippen LogP contribution in [0.3, 0.4) is 0 Å². The molecule has 180 valence electrons. The number of rotatable bonds is 5. The van der Waals surface area contributed by atoms with Gasteiger partial charge in [0.1, 0.15) is 23.9 Å². The molecule has 0 saturated heterocycles. The second-order valence-corrected chi connectivity index (χ2v) is 9.06. The summed E-state index contributed by atoms with van der Waals surface area (Å²) in [7, 11) is 0. The van der Waals surface area contributed by atoms with E-state index in [2.05, 4.69) is 10.3 Å². The number of anilines is 2. The molecule has 2 amide bonds. The average molecular weight is 472 g/mol. The zero-order chi connectivity index (χ0) is 24.2. The molecule has 0 radical (unpaired) electrons. The van der Waals surface area contributed by atoms with Crippen molar-refractivity contribution in [3.63, 3.8) is 0 Å². The molecule has 1 saturated carbocycles. The summed E-state index contributed by atoms with van der Waals surface area (Å²) >= 11 is 0. The van der Waals surface area contributed by atoms with Gasteiger partial charge in [-0.15, -0.1) is 0 Å². The Morgan fingerprint density at radius 3 is 2.54 bits per heavy atom. The number of urea groups is 1. The predicted octanol–water partition coefficient (Wildman–Crippen LogP) is 5.71. The van der Waals surface area contributed by atoms with Crippen molar-refractivity contribution in [3.8, 4) is 22.8 Å². The fourth-order valence-corrected chi connectivity index (χ4v) is 4.70. The van der Waals surface area contributed by atoms with Crippen LogP contribution < -0.4 is 19.7 Å². The highest BCUT2D eigenvalue weighted by molar-refractivity contribution is 6.03. The molecule has 1 aliphatic carbocycles. The van der Waals surface area contributed by atoms with Gasteiger partial charge in [-0.3, -0.25) is 14.7 Å². The van der Waals surface area contributed by atoms with E-state index in [1.807, 2.05) is 60.7 Å². The van der Waals surface area contributed by atoms with Crippen LogP contribution >= 0.6 is 0 Å². The first-order valence-electron chi connectivity index (χ1n) is 12.1. The monoisotopic (exact) mass is 471 g/mol. The Bertz CT molecular complexity index is 1190. The number of hydrogen-bond acceptors (Lipinski definition) is 5. The number of pyridine rings is 1. The zero-order valence-corrected chi connectivity index (χ0v) is 19.8. The van der Waals surface area contributed by atoms with Crippen LogP contribution in [0.2, 0.25) is 0 Å². The van der Waals surface area contributed by atoms with Crippen molar-refractivity contribution < 1.29 is 19.1 Å². The highest BCUT2D eigenvalue weighted by Crippen LogP contribution is 2.36. The van der Waals surface area contributed by atoms with E-state index in [0.717, 1.165) is 54.1 Å². The number of hydrogen-bond donors (Lipinski definition) is 1. The first-order chi connectivity index (χ1) is 17.1. The Morgan fingerprint density at radius 1 is 1.03 bits per heavy atom. The van der Waals surface area contributed by atoms with Crippen LogP contribution in [-0.2, 0) is 4.79 Å². The number of ketones is 1. The Balaban J connectivity index is 1.25. The topological polar surface area (TPSA) is 80.8 Å². The van der Waals surface area contributed by atoms with Crippen LogP contribution in [0.25, 0.3) is 11.3 Å². The first kappa shape index (κ1) is 22.9. The maximum Gasteiger partial charge on any atom is 0.326 e. The van der Waals surface area contributed by atoms with Crippen molar-refractivity contribution in [3.05, 3.63) is 66.9 Å². The average Bonchev–Trinajstić information content (AvgIpc) is 2.89. The highest BCUT2D eigenvalue weighted by Gasteiger charge is 2.26. The van der Waals surface area contributed by atoms with E-state index in [1.165, 1.54) is 0 Å². The molecule has 0 spiro atoms. The summed E-state index contributed by atoms with van der Waals surface area (Å²) in [4.78, 5) is 30.7. The van der Waals surface area contributed by atoms with E-state index >= 15 is 0 Å². The number of nitrogens with one attached hydrogen (secondary N) is 1. The summed E-state index contributed by atoms with van der Waals surface area (Å²) in [5.41, 5.74) is 3.19. The molecule has 1 N–H and O–H groups in total. The van der Waals surface area contributed by atoms with E-state index in [9.17, 15) is 9.59 Å². The molecule has 0 unspecified atom stereocenters. The summed E-state index contributed by atoms with van der Waals surface area (Å²) in [5, 5.41) is 2.93. The van der Waals surface area contributed by atoms with Crippen LogP contribution in [-0.4, -0.2) is 36.1 Å². The van der Waals surface area contributed by atoms with Crippen molar-refractivity contribution in [2.45, 2.75) is 38.7 Å². The lowest BCUT2D eigenvalue weighted by atomic mass is 9.85. The van der Waals surface area contributed by atoms with E-state index in [-0.39, 0.29) is 23.8 Å². The molecule has 5 rings (SSSR count). The number of fused-ring (bicyclic) bond motifs is 1. The summed E-state index contributed by atoms with van der Waals surface area (Å²) in [6.45, 7) is 2.58. The van der Waals surface area contributed by atoms with Gasteiger partial charge in [-0.2, -0.15) is 0 Å². The van der Waals surface area contributed by atoms with E-state index in [1.54, 1.807) is 18.0 Å². The van der Waals surface area contributed by atoms with Gasteiger partial charge in [0.15, 0.2) is 0 Å². The quantitative estimate of drug-likeness (QED) is 0.516. The molecular formula is C28H29N3O4. The van der Waals surface area contributed by atoms with Gasteiger partial charge in [0.05, 0.1) is 30.2 Å². The number of Topliss-reactive ketones (excluding diaryl/α,β-unsaturated/α-hetero) is 1. The SMILES string of the molecule is CC(=O)C1CCC(Oc2ccc(-c3ccc4c(c3)OCCN4C(=O)Nc3ccccc3)nc2)CC1. The second-order valence-electron chi connectivity index (χ2n) is 9.06. The number of amides is 2. The largest absolute Gasteiger partial charge is 0.490 e. The van der Waals surface area contributed by atoms with Crippen molar-refractivity contribution in [2.24, 2.45) is 5.92 Å². The molecule has 7 nitrogen and oxygen atoms in total. The molecule has 3 aromatic rings. The lowest BCUT2D eigenvalue weighted by Gasteiger charge is -2.30. The molecule has 0 bridgehead atoms. The summed E-state index contributed by atoms with van der Waals surface area (Å²) in [6.07, 6.45) is 5.43. The summed E-state index contributed by atoms with van der Waals surface area (Å²) in [5.74, 6) is 1.85. The van der Waals surface area contributed by atoms with Gasteiger partial charge in [0.2, 0.25) is 0 Å². The molecule has 1 fully saturated rings. The number of carbonyl (C=O) groups is 2. The molecule has 0 atom stereocenters. The van der Waals surface area contributed by atoms with Gasteiger partial charge in [-0.05, 0) is 69.0 Å². The number of aromatic nitrogens is 1. The third kappa shape index (κ3) is 5.29. The highest BCUT2D eigenvalue weighted by atomic mass is 16.5. The normalized spacial score (nSPS) is 19.3. The number of ether oxygens (including phenoxy) is 2. The minimum atomic E-state index is -0.189. The van der Waals surface area contributed by atoms with E-state index in [0.29, 0.717) is 18.9 Å². The Kier molecular flexibility index (Phi) is 6.66. The first-order valence-corrected chi connectivity index (χ1v) is 12.1. The van der Waals surface area contributed by atoms with Gasteiger partial charge < -0.3 is 14.8 Å². The van der Waals surface area contributed by atoms with Crippen molar-refractivity contribution in [1.82, 2.24) is 4.98 Å². The maximum absolute atomic E-state index is 12.9. The van der Waals surface area contributed by atoms with Crippen LogP contribution in [0.4, 0.5) is 16.2 Å². The second kappa shape index (κ2) is 10.2. The number of benzene rings is 2. The molecule has 35 heavy (non-hydrogen) atoms. The van der Waals surface area contributed by atoms with Crippen molar-refractivity contribution in [1.29, 1.82) is 0 Å². The molecule has 2 aromatic carbocycles. The van der Waals surface area contributed by atoms with Crippen molar-refractivity contribution >= 4 is 23.2 Å². The number of carbonyl (C=O) groups excluding carboxylic acids is 2. The fourth-order valence-electron chi connectivity index (χ4n) is 4.70. The zero-order valence-electron chi connectivity index (χ0n) is 19.8. The van der Waals surface area contributed by atoms with Crippen LogP contribution in [0.15, 0.2) is 66.9 Å².